The van der Waals surface area contributed by atoms with Crippen LogP contribution in [-0.4, -0.2) is 19.0 Å². The van der Waals surface area contributed by atoms with Crippen molar-refractivity contribution in [3.05, 3.63) is 47.8 Å². The van der Waals surface area contributed by atoms with Crippen LogP contribution < -0.4 is 10.6 Å². The Morgan fingerprint density at radius 1 is 1.50 bits per heavy atom. The number of benzene rings is 1. The van der Waals surface area contributed by atoms with Crippen LogP contribution in [0.25, 0.3) is 0 Å². The number of rotatable bonds is 5. The molecule has 0 heterocycles. The summed E-state index contributed by atoms with van der Waals surface area (Å²) in [4.78, 5) is 4.25. The van der Waals surface area contributed by atoms with E-state index < -0.39 is 0 Å². The first-order chi connectivity index (χ1) is 9.21. The van der Waals surface area contributed by atoms with E-state index in [-0.39, 0.29) is 36.3 Å². The third-order valence-corrected chi connectivity index (χ3v) is 2.34. The fourth-order valence-electron chi connectivity index (χ4n) is 1.44. The van der Waals surface area contributed by atoms with Gasteiger partial charge in [-0.25, -0.2) is 9.38 Å². The molecule has 0 radical (unpaired) electrons. The summed E-state index contributed by atoms with van der Waals surface area (Å²) in [5.41, 5.74) is 0.825. The van der Waals surface area contributed by atoms with Crippen LogP contribution in [0.3, 0.4) is 0 Å². The molecule has 0 aromatic heterocycles. The van der Waals surface area contributed by atoms with Crippen LogP contribution in [0.1, 0.15) is 18.1 Å². The first-order valence-corrected chi connectivity index (χ1v) is 6.02. The Morgan fingerprint density at radius 2 is 2.25 bits per heavy atom. The molecule has 0 aliphatic carbocycles. The van der Waals surface area contributed by atoms with Crippen molar-refractivity contribution in [2.24, 2.45) is 4.99 Å². The second-order valence-electron chi connectivity index (χ2n) is 3.78. The van der Waals surface area contributed by atoms with Gasteiger partial charge in [0.1, 0.15) is 5.82 Å². The topological polar surface area (TPSA) is 60.2 Å². The molecule has 2 N–H and O–H groups in total. The Labute approximate surface area is 135 Å². The zero-order valence-corrected chi connectivity index (χ0v) is 13.6. The molecular formula is C14H18FIN4. The van der Waals surface area contributed by atoms with Gasteiger partial charge in [-0.05, 0) is 25.1 Å². The van der Waals surface area contributed by atoms with Crippen LogP contribution in [-0.2, 0) is 6.54 Å². The number of hydrogen-bond donors (Lipinski definition) is 2. The monoisotopic (exact) mass is 388 g/mol. The quantitative estimate of drug-likeness (QED) is 0.353. The molecule has 0 fully saturated rings. The average molecular weight is 388 g/mol. The van der Waals surface area contributed by atoms with Gasteiger partial charge in [0, 0.05) is 18.7 Å². The molecule has 0 aliphatic heterocycles. The van der Waals surface area contributed by atoms with Gasteiger partial charge in [-0.1, -0.05) is 6.08 Å². The van der Waals surface area contributed by atoms with Crippen LogP contribution in [0, 0.1) is 17.1 Å². The van der Waals surface area contributed by atoms with E-state index in [4.69, 9.17) is 5.26 Å². The number of nitrogens with zero attached hydrogens (tertiary/aromatic N) is 2. The first kappa shape index (κ1) is 18.4. The molecule has 0 saturated heterocycles. The molecule has 6 heteroatoms. The highest BCUT2D eigenvalue weighted by atomic mass is 127. The molecule has 108 valence electrons. The molecule has 0 aliphatic rings. The molecule has 1 aromatic carbocycles. The molecule has 1 rings (SSSR count). The Morgan fingerprint density at radius 3 is 2.85 bits per heavy atom. The minimum absolute atomic E-state index is 0. The van der Waals surface area contributed by atoms with Crippen molar-refractivity contribution in [2.75, 3.05) is 13.1 Å². The van der Waals surface area contributed by atoms with E-state index in [1.807, 2.05) is 13.0 Å². The van der Waals surface area contributed by atoms with E-state index in [0.717, 1.165) is 0 Å². The van der Waals surface area contributed by atoms with Gasteiger partial charge < -0.3 is 10.6 Å². The molecule has 0 amide bonds. The van der Waals surface area contributed by atoms with Crippen molar-refractivity contribution in [2.45, 2.75) is 13.5 Å². The molecule has 4 nitrogen and oxygen atoms in total. The lowest BCUT2D eigenvalue weighted by Crippen LogP contribution is -2.37. The van der Waals surface area contributed by atoms with Gasteiger partial charge in [0.15, 0.2) is 5.96 Å². The predicted molar refractivity (Wildman–Crippen MR) is 89.5 cm³/mol. The standard InChI is InChI=1S/C14H17FN4.HI/c1-3-7-18-14(17-4-2)19-10-12-8-11(9-16)5-6-13(12)15;/h3,5-6,8H,1,4,7,10H2,2H3,(H2,17,18,19);1H. The van der Waals surface area contributed by atoms with Crippen molar-refractivity contribution in [1.82, 2.24) is 10.6 Å². The second-order valence-corrected chi connectivity index (χ2v) is 3.78. The van der Waals surface area contributed by atoms with Gasteiger partial charge >= 0.3 is 0 Å². The molecule has 0 unspecified atom stereocenters. The summed E-state index contributed by atoms with van der Waals surface area (Å²) in [6.45, 7) is 7.02. The number of halogens is 2. The van der Waals surface area contributed by atoms with Gasteiger partial charge in [0.25, 0.3) is 0 Å². The van der Waals surface area contributed by atoms with E-state index >= 15 is 0 Å². The van der Waals surface area contributed by atoms with Crippen LogP contribution in [0.4, 0.5) is 4.39 Å². The van der Waals surface area contributed by atoms with E-state index in [9.17, 15) is 4.39 Å². The number of nitrogens with one attached hydrogen (secondary N) is 2. The molecular weight excluding hydrogens is 370 g/mol. The molecule has 0 spiro atoms. The van der Waals surface area contributed by atoms with E-state index in [1.165, 1.54) is 18.2 Å². The van der Waals surface area contributed by atoms with Gasteiger partial charge in [-0.2, -0.15) is 5.26 Å². The minimum Gasteiger partial charge on any atom is -0.357 e. The normalized spacial score (nSPS) is 10.2. The maximum absolute atomic E-state index is 13.6. The summed E-state index contributed by atoms with van der Waals surface area (Å²) in [6.07, 6.45) is 1.71. The summed E-state index contributed by atoms with van der Waals surface area (Å²) in [7, 11) is 0. The van der Waals surface area contributed by atoms with Crippen molar-refractivity contribution in [1.29, 1.82) is 5.26 Å². The van der Waals surface area contributed by atoms with Gasteiger partial charge in [-0.15, -0.1) is 30.6 Å². The molecule has 1 aromatic rings. The van der Waals surface area contributed by atoms with Crippen molar-refractivity contribution >= 4 is 29.9 Å². The minimum atomic E-state index is -0.359. The highest BCUT2D eigenvalue weighted by molar-refractivity contribution is 14.0. The highest BCUT2D eigenvalue weighted by Gasteiger charge is 2.03. The van der Waals surface area contributed by atoms with E-state index in [0.29, 0.717) is 30.2 Å². The third-order valence-electron chi connectivity index (χ3n) is 2.34. The number of hydrogen-bond acceptors (Lipinski definition) is 2. The summed E-state index contributed by atoms with van der Waals surface area (Å²) < 4.78 is 13.6. The van der Waals surface area contributed by atoms with Crippen LogP contribution in [0.5, 0.6) is 0 Å². The predicted octanol–water partition coefficient (Wildman–Crippen LogP) is 2.56. The fourth-order valence-corrected chi connectivity index (χ4v) is 1.44. The molecule has 0 atom stereocenters. The fraction of sp³-hybridized carbons (Fsp3) is 0.286. The Kier molecular flexibility index (Phi) is 9.38. The highest BCUT2D eigenvalue weighted by Crippen LogP contribution is 2.11. The second kappa shape index (κ2) is 10.2. The van der Waals surface area contributed by atoms with Crippen molar-refractivity contribution < 1.29 is 4.39 Å². The van der Waals surface area contributed by atoms with Gasteiger partial charge in [0.2, 0.25) is 0 Å². The molecule has 20 heavy (non-hydrogen) atoms. The van der Waals surface area contributed by atoms with Crippen molar-refractivity contribution in [3.63, 3.8) is 0 Å². The van der Waals surface area contributed by atoms with E-state index in [1.54, 1.807) is 6.08 Å². The zero-order valence-electron chi connectivity index (χ0n) is 11.3. The van der Waals surface area contributed by atoms with Gasteiger partial charge in [0.05, 0.1) is 18.2 Å². The Hall–Kier alpha value is -1.62. The summed E-state index contributed by atoms with van der Waals surface area (Å²) in [6, 6.07) is 6.23. The van der Waals surface area contributed by atoms with E-state index in [2.05, 4.69) is 22.2 Å². The van der Waals surface area contributed by atoms with Crippen LogP contribution in [0.2, 0.25) is 0 Å². The summed E-state index contributed by atoms with van der Waals surface area (Å²) >= 11 is 0. The third kappa shape index (κ3) is 6.02. The zero-order chi connectivity index (χ0) is 14.1. The first-order valence-electron chi connectivity index (χ1n) is 6.02. The maximum atomic E-state index is 13.6. The Balaban J connectivity index is 0.00000361. The Bertz CT molecular complexity index is 508. The lowest BCUT2D eigenvalue weighted by Gasteiger charge is -2.09. The van der Waals surface area contributed by atoms with Crippen LogP contribution in [0.15, 0.2) is 35.8 Å². The summed E-state index contributed by atoms with van der Waals surface area (Å²) in [5, 5.41) is 14.8. The lowest BCUT2D eigenvalue weighted by molar-refractivity contribution is 0.610. The van der Waals surface area contributed by atoms with Crippen molar-refractivity contribution in [3.8, 4) is 6.07 Å². The number of aliphatic imine (C=N–C) groups is 1. The van der Waals surface area contributed by atoms with Gasteiger partial charge in [-0.3, -0.25) is 0 Å². The molecule has 0 bridgehead atoms. The van der Waals surface area contributed by atoms with Crippen LogP contribution >= 0.6 is 24.0 Å². The maximum Gasteiger partial charge on any atom is 0.191 e. The lowest BCUT2D eigenvalue weighted by atomic mass is 10.1. The largest absolute Gasteiger partial charge is 0.357 e. The number of nitriles is 1. The number of guanidine groups is 1. The smallest absolute Gasteiger partial charge is 0.191 e. The summed E-state index contributed by atoms with van der Waals surface area (Å²) in [5.74, 6) is 0.228. The average Bonchev–Trinajstić information content (AvgIpc) is 2.43. The SMILES string of the molecule is C=CCNC(=NCc1cc(C#N)ccc1F)NCC.I. The molecule has 0 saturated carbocycles.